The number of nitrogens with zero attached hydrogens (tertiary/aromatic N) is 1. The summed E-state index contributed by atoms with van der Waals surface area (Å²) in [6.45, 7) is 0. The molecule has 2 rings (SSSR count). The van der Waals surface area contributed by atoms with Crippen LogP contribution in [0.4, 0.5) is 28.0 Å². The second-order valence-electron chi connectivity index (χ2n) is 4.85. The van der Waals surface area contributed by atoms with Crippen LogP contribution in [0, 0.1) is 23.3 Å². The van der Waals surface area contributed by atoms with E-state index in [4.69, 9.17) is 10.9 Å². The Balaban J connectivity index is 2.45. The van der Waals surface area contributed by atoms with Gasteiger partial charge in [-0.15, -0.1) is 0 Å². The van der Waals surface area contributed by atoms with Crippen LogP contribution in [0.15, 0.2) is 30.3 Å². The van der Waals surface area contributed by atoms with Gasteiger partial charge in [-0.1, -0.05) is 0 Å². The fourth-order valence-electron chi connectivity index (χ4n) is 1.91. The predicted molar refractivity (Wildman–Crippen MR) is 79.1 cm³/mol. The van der Waals surface area contributed by atoms with Crippen LogP contribution in [0.2, 0.25) is 0 Å². The zero-order valence-corrected chi connectivity index (χ0v) is 12.6. The molecule has 3 amide bonds. The summed E-state index contributed by atoms with van der Waals surface area (Å²) in [6.07, 6.45) is -1.90. The molecule has 11 heteroatoms. The molecule has 0 unspecified atom stereocenters. The van der Waals surface area contributed by atoms with E-state index in [0.29, 0.717) is 18.2 Å². The monoisotopic (exact) mass is 371 g/mol. The second-order valence-corrected chi connectivity index (χ2v) is 4.85. The minimum absolute atomic E-state index is 0.317. The molecule has 0 aromatic heterocycles. The van der Waals surface area contributed by atoms with E-state index >= 15 is 0 Å². The number of anilines is 1. The molecule has 26 heavy (non-hydrogen) atoms. The van der Waals surface area contributed by atoms with Crippen molar-refractivity contribution in [3.8, 4) is 0 Å². The van der Waals surface area contributed by atoms with E-state index in [1.807, 2.05) is 5.32 Å². The van der Waals surface area contributed by atoms with Gasteiger partial charge in [0.1, 0.15) is 11.6 Å². The molecule has 4 N–H and O–H groups in total. The number of hydrogen-bond acceptors (Lipinski definition) is 4. The van der Waals surface area contributed by atoms with Crippen LogP contribution in [0.3, 0.4) is 0 Å². The predicted octanol–water partition coefficient (Wildman–Crippen LogP) is 2.49. The Morgan fingerprint density at radius 2 is 1.54 bits per heavy atom. The maximum absolute atomic E-state index is 13.6. The van der Waals surface area contributed by atoms with Crippen LogP contribution in [-0.4, -0.2) is 28.0 Å². The van der Waals surface area contributed by atoms with Gasteiger partial charge in [0.15, 0.2) is 11.6 Å². The molecule has 0 radical (unpaired) electrons. The van der Waals surface area contributed by atoms with Crippen molar-refractivity contribution in [1.29, 1.82) is 0 Å². The lowest BCUT2D eigenvalue weighted by molar-refractivity contribution is 0.0742. The molecule has 7 nitrogen and oxygen atoms in total. The number of carbonyl (C=O) groups is 3. The summed E-state index contributed by atoms with van der Waals surface area (Å²) in [4.78, 5) is 34.8. The molecule has 0 aliphatic heterocycles. The first-order chi connectivity index (χ1) is 12.1. The number of hydrazine groups is 1. The fraction of sp³-hybridized carbons (Fsp3) is 0. The van der Waals surface area contributed by atoms with Crippen molar-refractivity contribution >= 4 is 23.6 Å². The van der Waals surface area contributed by atoms with Gasteiger partial charge >= 0.3 is 6.09 Å². The van der Waals surface area contributed by atoms with Gasteiger partial charge in [-0.05, 0) is 18.2 Å². The van der Waals surface area contributed by atoms with Crippen LogP contribution in [0.1, 0.15) is 20.7 Å². The molecule has 0 heterocycles. The van der Waals surface area contributed by atoms with Crippen molar-refractivity contribution in [2.24, 2.45) is 5.84 Å². The van der Waals surface area contributed by atoms with Gasteiger partial charge in [0.2, 0.25) is 0 Å². The topological polar surface area (TPSA) is 113 Å². The summed E-state index contributed by atoms with van der Waals surface area (Å²) in [7, 11) is 0. The second kappa shape index (κ2) is 7.19. The molecule has 2 aromatic rings. The standard InChI is InChI=1S/C15H9F4N3O4/c16-6-1-2-7(9(17)3-6)13(23)21-12-5-11(19)10(18)4-8(12)14(24)22(20)15(25)26/h1-5H,20H2,(H,21,23)(H,25,26). The van der Waals surface area contributed by atoms with Gasteiger partial charge in [-0.2, -0.15) is 5.01 Å². The first-order valence-electron chi connectivity index (χ1n) is 6.69. The molecule has 0 atom stereocenters. The maximum atomic E-state index is 13.6. The first-order valence-corrected chi connectivity index (χ1v) is 6.69. The molecule has 0 fully saturated rings. The summed E-state index contributed by atoms with van der Waals surface area (Å²) < 4.78 is 53.4. The van der Waals surface area contributed by atoms with Gasteiger partial charge in [-0.3, -0.25) is 9.59 Å². The third-order valence-corrected chi connectivity index (χ3v) is 3.14. The van der Waals surface area contributed by atoms with Gasteiger partial charge in [0, 0.05) is 12.1 Å². The van der Waals surface area contributed by atoms with Gasteiger partial charge in [0.25, 0.3) is 11.8 Å². The average Bonchev–Trinajstić information content (AvgIpc) is 2.56. The first kappa shape index (κ1) is 18.9. The number of halogens is 4. The highest BCUT2D eigenvalue weighted by Gasteiger charge is 2.25. The van der Waals surface area contributed by atoms with Crippen LogP contribution >= 0.6 is 0 Å². The highest BCUT2D eigenvalue weighted by molar-refractivity contribution is 6.11. The van der Waals surface area contributed by atoms with Crippen LogP contribution in [0.5, 0.6) is 0 Å². The summed E-state index contributed by atoms with van der Waals surface area (Å²) >= 11 is 0. The number of nitrogens with one attached hydrogen (secondary N) is 1. The molecule has 0 saturated heterocycles. The van der Waals surface area contributed by atoms with Crippen molar-refractivity contribution in [1.82, 2.24) is 5.01 Å². The van der Waals surface area contributed by atoms with Crippen molar-refractivity contribution in [3.05, 3.63) is 64.7 Å². The van der Waals surface area contributed by atoms with Crippen LogP contribution in [0.25, 0.3) is 0 Å². The highest BCUT2D eigenvalue weighted by Crippen LogP contribution is 2.23. The lowest BCUT2D eigenvalue weighted by Gasteiger charge is -2.15. The van der Waals surface area contributed by atoms with Gasteiger partial charge in [-0.25, -0.2) is 28.2 Å². The number of carboxylic acid groups (broad SMARTS) is 1. The van der Waals surface area contributed by atoms with E-state index < -0.39 is 58.0 Å². The Morgan fingerprint density at radius 1 is 0.923 bits per heavy atom. The Labute approximate surface area is 142 Å². The molecule has 0 saturated carbocycles. The maximum Gasteiger partial charge on any atom is 0.429 e. The molecule has 136 valence electrons. The molecular formula is C15H9F4N3O4. The number of carbonyl (C=O) groups excluding carboxylic acids is 2. The molecule has 0 spiro atoms. The Morgan fingerprint density at radius 3 is 2.12 bits per heavy atom. The molecule has 2 aromatic carbocycles. The number of nitrogens with two attached hydrogens (primary N) is 1. The van der Waals surface area contributed by atoms with Crippen molar-refractivity contribution in [3.63, 3.8) is 0 Å². The van der Waals surface area contributed by atoms with E-state index in [2.05, 4.69) is 0 Å². The molecule has 0 aliphatic rings. The Kier molecular flexibility index (Phi) is 5.22. The normalized spacial score (nSPS) is 10.3. The number of amides is 3. The van der Waals surface area contributed by atoms with Crippen molar-refractivity contribution < 1.29 is 37.1 Å². The van der Waals surface area contributed by atoms with E-state index in [1.54, 1.807) is 0 Å². The third kappa shape index (κ3) is 3.78. The SMILES string of the molecule is NN(C(=O)O)C(=O)c1cc(F)c(F)cc1NC(=O)c1ccc(F)cc1F. The molecule has 0 bridgehead atoms. The third-order valence-electron chi connectivity index (χ3n) is 3.14. The van der Waals surface area contributed by atoms with Crippen molar-refractivity contribution in [2.45, 2.75) is 0 Å². The van der Waals surface area contributed by atoms with E-state index in [1.165, 1.54) is 0 Å². The van der Waals surface area contributed by atoms with E-state index in [0.717, 1.165) is 12.1 Å². The summed E-state index contributed by atoms with van der Waals surface area (Å²) in [5, 5.41) is 10.3. The van der Waals surface area contributed by atoms with E-state index in [-0.39, 0.29) is 5.01 Å². The fourth-order valence-corrected chi connectivity index (χ4v) is 1.91. The Hall–Kier alpha value is -3.47. The number of imide groups is 1. The summed E-state index contributed by atoms with van der Waals surface area (Å²) in [5.74, 6) is -2.91. The lowest BCUT2D eigenvalue weighted by Crippen LogP contribution is -2.42. The summed E-state index contributed by atoms with van der Waals surface area (Å²) in [5.41, 5.74) is -2.12. The Bertz CT molecular complexity index is 920. The molecule has 0 aliphatic carbocycles. The zero-order valence-electron chi connectivity index (χ0n) is 12.6. The average molecular weight is 371 g/mol. The van der Waals surface area contributed by atoms with Crippen molar-refractivity contribution in [2.75, 3.05) is 5.32 Å². The lowest BCUT2D eigenvalue weighted by atomic mass is 10.1. The van der Waals surface area contributed by atoms with Gasteiger partial charge in [0.05, 0.1) is 16.8 Å². The highest BCUT2D eigenvalue weighted by atomic mass is 19.2. The summed E-state index contributed by atoms with van der Waals surface area (Å²) in [6, 6.07) is 2.68. The van der Waals surface area contributed by atoms with E-state index in [9.17, 15) is 31.9 Å². The number of hydrogen-bond donors (Lipinski definition) is 3. The largest absolute Gasteiger partial charge is 0.464 e. The van der Waals surface area contributed by atoms with Crippen LogP contribution in [-0.2, 0) is 0 Å². The smallest absolute Gasteiger partial charge is 0.429 e. The number of benzene rings is 2. The number of rotatable bonds is 3. The quantitative estimate of drug-likeness (QED) is 0.332. The minimum atomic E-state index is -1.90. The minimum Gasteiger partial charge on any atom is -0.464 e. The van der Waals surface area contributed by atoms with Crippen LogP contribution < -0.4 is 11.2 Å². The van der Waals surface area contributed by atoms with Gasteiger partial charge < -0.3 is 10.4 Å². The zero-order chi connectivity index (χ0) is 19.6. The molecular weight excluding hydrogens is 362 g/mol.